The van der Waals surface area contributed by atoms with Crippen molar-refractivity contribution in [2.24, 2.45) is 0 Å². The summed E-state index contributed by atoms with van der Waals surface area (Å²) in [5.74, 6) is -0.433. The van der Waals surface area contributed by atoms with Crippen molar-refractivity contribution in [3.05, 3.63) is 28.3 Å². The lowest BCUT2D eigenvalue weighted by molar-refractivity contribution is -0.145. The van der Waals surface area contributed by atoms with Crippen molar-refractivity contribution in [2.45, 2.75) is 19.3 Å². The molecule has 10 nitrogen and oxygen atoms in total. The van der Waals surface area contributed by atoms with E-state index in [9.17, 15) is 14.8 Å². The highest BCUT2D eigenvalue weighted by molar-refractivity contribution is 6.33. The molecule has 0 amide bonds. The Morgan fingerprint density at radius 2 is 2.32 bits per heavy atom. The second-order valence-corrected chi connectivity index (χ2v) is 4.83. The molecule has 0 saturated carbocycles. The minimum Gasteiger partial charge on any atom is -0.463 e. The quantitative estimate of drug-likeness (QED) is 0.605. The van der Waals surface area contributed by atoms with E-state index in [1.807, 2.05) is 0 Å². The Labute approximate surface area is 128 Å². The van der Waals surface area contributed by atoms with E-state index in [0.717, 1.165) is 4.68 Å². The average molecular weight is 328 g/mol. The largest absolute Gasteiger partial charge is 0.463 e. The molecule has 3 heterocycles. The topological polar surface area (TPSA) is 121 Å². The van der Waals surface area contributed by atoms with Crippen LogP contribution in [-0.2, 0) is 14.3 Å². The van der Waals surface area contributed by atoms with Crippen molar-refractivity contribution in [1.82, 2.24) is 24.9 Å². The number of nitrogens with zero attached hydrogens (tertiary/aromatic N) is 5. The van der Waals surface area contributed by atoms with E-state index in [-0.39, 0.29) is 22.8 Å². The highest BCUT2D eigenvalue weighted by atomic mass is 35.5. The monoisotopic (exact) mass is 327 g/mol. The van der Waals surface area contributed by atoms with Crippen molar-refractivity contribution in [3.63, 3.8) is 0 Å². The third kappa shape index (κ3) is 2.50. The molecule has 116 valence electrons. The summed E-state index contributed by atoms with van der Waals surface area (Å²) < 4.78 is 11.3. The molecule has 2 aromatic heterocycles. The smallest absolute Gasteiger partial charge is 0.302 e. The summed E-state index contributed by atoms with van der Waals surface area (Å²) in [5, 5.41) is 20.4. The van der Waals surface area contributed by atoms with Crippen molar-refractivity contribution >= 4 is 28.6 Å². The summed E-state index contributed by atoms with van der Waals surface area (Å²) >= 11 is 5.72. The van der Waals surface area contributed by atoms with Crippen LogP contribution in [0.25, 0.3) is 11.0 Å². The lowest BCUT2D eigenvalue weighted by Crippen LogP contribution is -2.30. The third-order valence-electron chi connectivity index (χ3n) is 2.95. The van der Waals surface area contributed by atoms with Crippen LogP contribution < -0.4 is 5.56 Å². The normalized spacial score (nSPS) is 21.4. The van der Waals surface area contributed by atoms with Crippen LogP contribution in [0.2, 0.25) is 5.15 Å². The highest BCUT2D eigenvalue weighted by Gasteiger charge is 2.31. The Bertz CT molecular complexity index is 787. The zero-order valence-corrected chi connectivity index (χ0v) is 12.0. The Morgan fingerprint density at radius 1 is 1.55 bits per heavy atom. The molecule has 0 aromatic carbocycles. The second kappa shape index (κ2) is 5.54. The van der Waals surface area contributed by atoms with Gasteiger partial charge in [0.1, 0.15) is 6.61 Å². The average Bonchev–Trinajstić information content (AvgIpc) is 3.03. The van der Waals surface area contributed by atoms with E-state index < -0.39 is 23.9 Å². The molecule has 0 spiro atoms. The fourth-order valence-corrected chi connectivity index (χ4v) is 2.18. The number of carbonyl (C=O) groups is 1. The van der Waals surface area contributed by atoms with Gasteiger partial charge in [0.2, 0.25) is 0 Å². The van der Waals surface area contributed by atoms with E-state index >= 15 is 0 Å². The fourth-order valence-electron chi connectivity index (χ4n) is 1.98. The predicted octanol–water partition coefficient (Wildman–Crippen LogP) is -0.252. The molecule has 1 aliphatic heterocycles. The van der Waals surface area contributed by atoms with Gasteiger partial charge in [-0.15, -0.1) is 10.2 Å². The van der Waals surface area contributed by atoms with Gasteiger partial charge in [-0.3, -0.25) is 9.59 Å². The molecule has 1 N–H and O–H groups in total. The SMILES string of the molecule is CC(=O)OCC1[CH][CH]C(n2nnc3c(Cl)nn(O)c3c2=O)O1. The van der Waals surface area contributed by atoms with Crippen molar-refractivity contribution in [2.75, 3.05) is 6.61 Å². The van der Waals surface area contributed by atoms with Crippen LogP contribution in [-0.4, -0.2) is 48.8 Å². The van der Waals surface area contributed by atoms with E-state index in [1.165, 1.54) is 6.92 Å². The van der Waals surface area contributed by atoms with Gasteiger partial charge in [-0.2, -0.15) is 4.68 Å². The molecule has 2 radical (unpaired) electrons. The summed E-state index contributed by atoms with van der Waals surface area (Å²) in [7, 11) is 0. The minimum atomic E-state index is -0.835. The van der Waals surface area contributed by atoms with Crippen LogP contribution >= 0.6 is 11.6 Å². The van der Waals surface area contributed by atoms with Crippen molar-refractivity contribution in [1.29, 1.82) is 0 Å². The number of hydrogen-bond acceptors (Lipinski definition) is 8. The number of hydrogen-bond donors (Lipinski definition) is 1. The number of rotatable bonds is 3. The van der Waals surface area contributed by atoms with Gasteiger partial charge in [0.05, 0.1) is 6.10 Å². The van der Waals surface area contributed by atoms with Crippen LogP contribution in [0.15, 0.2) is 4.79 Å². The van der Waals surface area contributed by atoms with Gasteiger partial charge in [-0.1, -0.05) is 21.7 Å². The van der Waals surface area contributed by atoms with Crippen LogP contribution in [0.5, 0.6) is 0 Å². The molecule has 0 aliphatic carbocycles. The molecule has 22 heavy (non-hydrogen) atoms. The van der Waals surface area contributed by atoms with Crippen molar-refractivity contribution in [3.8, 4) is 0 Å². The zero-order valence-electron chi connectivity index (χ0n) is 11.2. The number of fused-ring (bicyclic) bond motifs is 1. The van der Waals surface area contributed by atoms with Gasteiger partial charge in [0, 0.05) is 19.8 Å². The molecule has 0 bridgehead atoms. The lowest BCUT2D eigenvalue weighted by atomic mass is 10.2. The number of ether oxygens (including phenoxy) is 2. The Hall–Kier alpha value is -2.20. The summed E-state index contributed by atoms with van der Waals surface area (Å²) in [6.07, 6.45) is 1.87. The Morgan fingerprint density at radius 3 is 3.05 bits per heavy atom. The Kier molecular flexibility index (Phi) is 3.71. The first-order valence-electron chi connectivity index (χ1n) is 6.17. The summed E-state index contributed by atoms with van der Waals surface area (Å²) in [4.78, 5) is 23.4. The zero-order chi connectivity index (χ0) is 15.9. The highest BCUT2D eigenvalue weighted by Crippen LogP contribution is 2.25. The molecule has 2 aromatic rings. The number of halogens is 1. The fraction of sp³-hybridized carbons (Fsp3) is 0.364. The number of aromatic nitrogens is 5. The molecule has 11 heteroatoms. The molecule has 1 fully saturated rings. The van der Waals surface area contributed by atoms with E-state index in [1.54, 1.807) is 12.8 Å². The van der Waals surface area contributed by atoms with Crippen molar-refractivity contribution < 1.29 is 19.5 Å². The van der Waals surface area contributed by atoms with E-state index in [2.05, 4.69) is 15.4 Å². The number of carbonyl (C=O) groups excluding carboxylic acids is 1. The molecule has 2 atom stereocenters. The molecule has 1 aliphatic rings. The van der Waals surface area contributed by atoms with Gasteiger partial charge in [0.25, 0.3) is 0 Å². The van der Waals surface area contributed by atoms with Crippen LogP contribution in [0.3, 0.4) is 0 Å². The Balaban J connectivity index is 1.86. The first kappa shape index (κ1) is 14.7. The number of esters is 1. The predicted molar refractivity (Wildman–Crippen MR) is 70.9 cm³/mol. The summed E-state index contributed by atoms with van der Waals surface area (Å²) in [6.45, 7) is 1.31. The van der Waals surface area contributed by atoms with E-state index in [0.29, 0.717) is 4.85 Å². The minimum absolute atomic E-state index is 0.0103. The van der Waals surface area contributed by atoms with Crippen LogP contribution in [0.1, 0.15) is 13.2 Å². The maximum Gasteiger partial charge on any atom is 0.302 e. The van der Waals surface area contributed by atoms with Gasteiger partial charge in [0.15, 0.2) is 22.4 Å². The van der Waals surface area contributed by atoms with Crippen LogP contribution in [0, 0.1) is 12.8 Å². The molecular weight excluding hydrogens is 318 g/mol. The maximum atomic E-state index is 12.3. The molecular formula is C11H10ClN5O5. The molecule has 1 saturated heterocycles. The van der Waals surface area contributed by atoms with Gasteiger partial charge in [-0.25, -0.2) is 0 Å². The van der Waals surface area contributed by atoms with Gasteiger partial charge >= 0.3 is 11.5 Å². The maximum absolute atomic E-state index is 12.3. The summed E-state index contributed by atoms with van der Waals surface area (Å²) in [5.41, 5.74) is -0.890. The van der Waals surface area contributed by atoms with Gasteiger partial charge < -0.3 is 14.7 Å². The van der Waals surface area contributed by atoms with E-state index in [4.69, 9.17) is 21.1 Å². The second-order valence-electron chi connectivity index (χ2n) is 4.47. The summed E-state index contributed by atoms with van der Waals surface area (Å²) in [6, 6.07) is 0. The van der Waals surface area contributed by atoms with Gasteiger partial charge in [-0.05, 0) is 0 Å². The third-order valence-corrected chi connectivity index (χ3v) is 3.21. The molecule has 3 rings (SSSR count). The first-order valence-corrected chi connectivity index (χ1v) is 6.55. The standard InChI is InChI=1S/C11H10ClN5O5/c1-5(18)21-4-6-2-3-7(22-6)16-11(19)9-8(13-15-16)10(12)14-17(9)20/h2-3,6-7,20H,4H2,1H3. The van der Waals surface area contributed by atoms with Crippen LogP contribution in [0.4, 0.5) is 0 Å². The lowest BCUT2D eigenvalue weighted by Gasteiger charge is -2.13. The first-order chi connectivity index (χ1) is 10.5. The molecule has 2 unspecified atom stereocenters.